The summed E-state index contributed by atoms with van der Waals surface area (Å²) in [6, 6.07) is 28.8. The van der Waals surface area contributed by atoms with Crippen LogP contribution in [0.15, 0.2) is 114 Å². The van der Waals surface area contributed by atoms with Gasteiger partial charge in [-0.05, 0) is 66.4 Å². The Balaban J connectivity index is 1.78. The summed E-state index contributed by atoms with van der Waals surface area (Å²) in [4.78, 5) is 29.6. The molecule has 4 rings (SSSR count). The van der Waals surface area contributed by atoms with Crippen LogP contribution < -0.4 is 9.62 Å². The first kappa shape index (κ1) is 32.4. The van der Waals surface area contributed by atoms with Crippen LogP contribution in [0.25, 0.3) is 0 Å². The number of carbonyl (C=O) groups excluding carboxylic acids is 2. The van der Waals surface area contributed by atoms with Gasteiger partial charge in [-0.3, -0.25) is 13.9 Å². The highest BCUT2D eigenvalue weighted by atomic mass is 32.2. The van der Waals surface area contributed by atoms with Gasteiger partial charge < -0.3 is 10.2 Å². The summed E-state index contributed by atoms with van der Waals surface area (Å²) in [5, 5.41) is 2.98. The van der Waals surface area contributed by atoms with Crippen LogP contribution in [0.1, 0.15) is 36.5 Å². The number of nitrogens with one attached hydrogen (secondary N) is 1. The second-order valence-electron chi connectivity index (χ2n) is 10.6. The molecule has 0 bridgehead atoms. The number of halogens is 1. The van der Waals surface area contributed by atoms with Gasteiger partial charge in [0, 0.05) is 19.5 Å². The van der Waals surface area contributed by atoms with Crippen LogP contribution in [0.3, 0.4) is 0 Å². The Morgan fingerprint density at radius 2 is 1.45 bits per heavy atom. The first-order valence-electron chi connectivity index (χ1n) is 14.7. The van der Waals surface area contributed by atoms with Crippen molar-refractivity contribution in [2.24, 2.45) is 0 Å². The van der Waals surface area contributed by atoms with Crippen LogP contribution in [0.4, 0.5) is 10.1 Å². The molecule has 44 heavy (non-hydrogen) atoms. The average molecular weight is 616 g/mol. The number of benzene rings is 4. The van der Waals surface area contributed by atoms with Crippen molar-refractivity contribution in [2.75, 3.05) is 17.4 Å². The van der Waals surface area contributed by atoms with E-state index in [1.54, 1.807) is 18.2 Å². The van der Waals surface area contributed by atoms with Crippen LogP contribution in [-0.4, -0.2) is 44.3 Å². The van der Waals surface area contributed by atoms with E-state index in [0.29, 0.717) is 6.54 Å². The predicted octanol–water partition coefficient (Wildman–Crippen LogP) is 5.89. The smallest absolute Gasteiger partial charge is 0.264 e. The molecule has 0 aromatic heterocycles. The molecule has 0 saturated heterocycles. The predicted molar refractivity (Wildman–Crippen MR) is 171 cm³/mol. The standard InChI is InChI=1S/C35H38FN3O4S/c1-3-4-23-37-35(41)33(24-28-14-7-5-8-15-28)38(25-29-16-12-11-13-27(29)2)34(40)26-39(31-21-19-30(36)20-22-31)44(42,43)32-17-9-6-10-18-32/h5-22,33H,3-4,23-26H2,1-2H3,(H,37,41). The zero-order valence-corrected chi connectivity index (χ0v) is 25.8. The van der Waals surface area contributed by atoms with E-state index in [-0.39, 0.29) is 29.5 Å². The molecule has 0 aliphatic heterocycles. The minimum atomic E-state index is -4.24. The van der Waals surface area contributed by atoms with E-state index in [1.807, 2.05) is 68.4 Å². The van der Waals surface area contributed by atoms with E-state index in [4.69, 9.17) is 0 Å². The lowest BCUT2D eigenvalue weighted by Crippen LogP contribution is -2.53. The number of aryl methyl sites for hydroxylation is 1. The number of unbranched alkanes of at least 4 members (excludes halogenated alkanes) is 1. The summed E-state index contributed by atoms with van der Waals surface area (Å²) < 4.78 is 42.7. The van der Waals surface area contributed by atoms with Crippen molar-refractivity contribution in [1.29, 1.82) is 0 Å². The summed E-state index contributed by atoms with van der Waals surface area (Å²) in [7, 11) is -4.24. The third kappa shape index (κ3) is 8.32. The summed E-state index contributed by atoms with van der Waals surface area (Å²) in [6.45, 7) is 3.90. The van der Waals surface area contributed by atoms with Crippen LogP contribution >= 0.6 is 0 Å². The zero-order chi connectivity index (χ0) is 31.5. The normalized spacial score (nSPS) is 11.9. The first-order valence-corrected chi connectivity index (χ1v) is 16.1. The third-order valence-electron chi connectivity index (χ3n) is 7.43. The van der Waals surface area contributed by atoms with Crippen molar-refractivity contribution in [3.63, 3.8) is 0 Å². The molecule has 4 aromatic carbocycles. The Bertz CT molecular complexity index is 1630. The molecule has 9 heteroatoms. The molecule has 0 aliphatic carbocycles. The van der Waals surface area contributed by atoms with Crippen molar-refractivity contribution in [1.82, 2.24) is 10.2 Å². The maximum atomic E-state index is 14.4. The maximum absolute atomic E-state index is 14.4. The SMILES string of the molecule is CCCCNC(=O)C(Cc1ccccc1)N(Cc1ccccc1C)C(=O)CN(c1ccc(F)cc1)S(=O)(=O)c1ccccc1. The second-order valence-corrected chi connectivity index (χ2v) is 12.5. The van der Waals surface area contributed by atoms with Gasteiger partial charge in [0.25, 0.3) is 10.0 Å². The summed E-state index contributed by atoms with van der Waals surface area (Å²) >= 11 is 0. The fourth-order valence-electron chi connectivity index (χ4n) is 4.89. The molecule has 0 saturated carbocycles. The Kier molecular flexibility index (Phi) is 11.3. The van der Waals surface area contributed by atoms with Crippen molar-refractivity contribution in [3.8, 4) is 0 Å². The Morgan fingerprint density at radius 1 is 0.841 bits per heavy atom. The Morgan fingerprint density at radius 3 is 2.09 bits per heavy atom. The molecule has 0 aliphatic rings. The molecule has 0 radical (unpaired) electrons. The maximum Gasteiger partial charge on any atom is 0.264 e. The van der Waals surface area contributed by atoms with Crippen molar-refractivity contribution >= 4 is 27.5 Å². The largest absolute Gasteiger partial charge is 0.354 e. The molecule has 0 spiro atoms. The van der Waals surface area contributed by atoms with Crippen molar-refractivity contribution in [2.45, 2.75) is 50.6 Å². The summed E-state index contributed by atoms with van der Waals surface area (Å²) in [6.07, 6.45) is 1.90. The molecule has 4 aromatic rings. The van der Waals surface area contributed by atoms with Crippen molar-refractivity contribution < 1.29 is 22.4 Å². The van der Waals surface area contributed by atoms with Crippen molar-refractivity contribution in [3.05, 3.63) is 132 Å². The van der Waals surface area contributed by atoms with Gasteiger partial charge in [-0.25, -0.2) is 12.8 Å². The highest BCUT2D eigenvalue weighted by Crippen LogP contribution is 2.25. The first-order chi connectivity index (χ1) is 21.2. The summed E-state index contributed by atoms with van der Waals surface area (Å²) in [5.41, 5.74) is 2.76. The van der Waals surface area contributed by atoms with Crippen LogP contribution in [0.2, 0.25) is 0 Å². The number of hydrogen-bond donors (Lipinski definition) is 1. The quantitative estimate of drug-likeness (QED) is 0.179. The number of amides is 2. The second kappa shape index (κ2) is 15.3. The number of nitrogens with zero attached hydrogens (tertiary/aromatic N) is 2. The number of anilines is 1. The molecule has 0 fully saturated rings. The zero-order valence-electron chi connectivity index (χ0n) is 25.0. The fourth-order valence-corrected chi connectivity index (χ4v) is 6.32. The molecular formula is C35H38FN3O4S. The monoisotopic (exact) mass is 615 g/mol. The molecule has 1 unspecified atom stereocenters. The average Bonchev–Trinajstić information content (AvgIpc) is 3.03. The fraction of sp³-hybridized carbons (Fsp3) is 0.257. The topological polar surface area (TPSA) is 86.8 Å². The van der Waals surface area contributed by atoms with E-state index in [0.717, 1.165) is 46.0 Å². The lowest BCUT2D eigenvalue weighted by atomic mass is 10.0. The molecule has 7 nitrogen and oxygen atoms in total. The van der Waals surface area contributed by atoms with Crippen LogP contribution in [-0.2, 0) is 32.6 Å². The minimum Gasteiger partial charge on any atom is -0.354 e. The number of rotatable bonds is 14. The molecular weight excluding hydrogens is 577 g/mol. The van der Waals surface area contributed by atoms with Gasteiger partial charge in [-0.1, -0.05) is 86.1 Å². The lowest BCUT2D eigenvalue weighted by molar-refractivity contribution is -0.140. The Labute approximate surface area is 259 Å². The van der Waals surface area contributed by atoms with Crippen LogP contribution in [0, 0.1) is 12.7 Å². The third-order valence-corrected chi connectivity index (χ3v) is 9.22. The van der Waals surface area contributed by atoms with Gasteiger partial charge in [-0.2, -0.15) is 0 Å². The molecule has 2 amide bonds. The molecule has 1 N–H and O–H groups in total. The van der Waals surface area contributed by atoms with Gasteiger partial charge in [-0.15, -0.1) is 0 Å². The van der Waals surface area contributed by atoms with E-state index < -0.39 is 34.3 Å². The summed E-state index contributed by atoms with van der Waals surface area (Å²) in [5.74, 6) is -1.42. The van der Waals surface area contributed by atoms with E-state index in [9.17, 15) is 22.4 Å². The van der Waals surface area contributed by atoms with Gasteiger partial charge in [0.2, 0.25) is 11.8 Å². The number of hydrogen-bond acceptors (Lipinski definition) is 4. The number of sulfonamides is 1. The highest BCUT2D eigenvalue weighted by molar-refractivity contribution is 7.92. The minimum absolute atomic E-state index is 0.0132. The molecule has 230 valence electrons. The van der Waals surface area contributed by atoms with E-state index >= 15 is 0 Å². The lowest BCUT2D eigenvalue weighted by Gasteiger charge is -2.34. The molecule has 0 heterocycles. The van der Waals surface area contributed by atoms with E-state index in [1.165, 1.54) is 29.2 Å². The van der Waals surface area contributed by atoms with Gasteiger partial charge >= 0.3 is 0 Å². The molecule has 1 atom stereocenters. The van der Waals surface area contributed by atoms with Gasteiger partial charge in [0.05, 0.1) is 10.6 Å². The number of carbonyl (C=O) groups is 2. The van der Waals surface area contributed by atoms with Crippen LogP contribution in [0.5, 0.6) is 0 Å². The van der Waals surface area contributed by atoms with Gasteiger partial charge in [0.1, 0.15) is 18.4 Å². The highest BCUT2D eigenvalue weighted by Gasteiger charge is 2.34. The van der Waals surface area contributed by atoms with Gasteiger partial charge in [0.15, 0.2) is 0 Å². The van der Waals surface area contributed by atoms with E-state index in [2.05, 4.69) is 5.32 Å². The Hall–Kier alpha value is -4.50.